The largest absolute Gasteiger partial charge is 0.317 e. The van der Waals surface area contributed by atoms with Crippen LogP contribution >= 0.6 is 0 Å². The molecule has 0 saturated heterocycles. The molecule has 2 aromatic rings. The maximum absolute atomic E-state index is 12.9. The van der Waals surface area contributed by atoms with E-state index >= 15 is 0 Å². The van der Waals surface area contributed by atoms with Gasteiger partial charge in [0.2, 0.25) is 5.78 Å². The average Bonchev–Trinajstić information content (AvgIpc) is 2.65. The minimum atomic E-state index is -0.592. The van der Waals surface area contributed by atoms with E-state index in [1.807, 2.05) is 6.92 Å². The second-order valence-electron chi connectivity index (χ2n) is 6.05. The average molecular weight is 350 g/mol. The monoisotopic (exact) mass is 350 g/mol. The summed E-state index contributed by atoms with van der Waals surface area (Å²) in [6.45, 7) is 7.31. The molecule has 132 valence electrons. The van der Waals surface area contributed by atoms with E-state index < -0.39 is 10.7 Å². The van der Waals surface area contributed by atoms with Crippen molar-refractivity contribution < 1.29 is 14.5 Å². The Hall–Kier alpha value is -3.12. The van der Waals surface area contributed by atoms with Crippen molar-refractivity contribution in [3.05, 3.63) is 80.9 Å². The molecule has 0 fully saturated rings. The van der Waals surface area contributed by atoms with Crippen LogP contribution in [0.4, 0.5) is 5.69 Å². The molecule has 26 heavy (non-hydrogen) atoms. The maximum atomic E-state index is 12.9. The van der Waals surface area contributed by atoms with Gasteiger partial charge in [0.1, 0.15) is 5.56 Å². The fourth-order valence-corrected chi connectivity index (χ4v) is 3.19. The van der Waals surface area contributed by atoms with Crippen molar-refractivity contribution >= 4 is 22.8 Å². The molecular formula is C20H18N2O4. The number of ketones is 2. The molecule has 0 atom stereocenters. The van der Waals surface area contributed by atoms with Crippen LogP contribution < -0.4 is 5.32 Å². The van der Waals surface area contributed by atoms with Crippen LogP contribution in [0.1, 0.15) is 50.8 Å². The Bertz CT molecular complexity index is 947. The summed E-state index contributed by atoms with van der Waals surface area (Å²) in [6.07, 6.45) is 0.506. The lowest BCUT2D eigenvalue weighted by atomic mass is 9.81. The maximum Gasteiger partial charge on any atom is 0.288 e. The van der Waals surface area contributed by atoms with Gasteiger partial charge in [-0.15, -0.1) is 0 Å². The van der Waals surface area contributed by atoms with E-state index in [1.165, 1.54) is 18.2 Å². The number of hydrogen-bond acceptors (Lipinski definition) is 5. The van der Waals surface area contributed by atoms with Crippen molar-refractivity contribution in [1.29, 1.82) is 0 Å². The third-order valence-electron chi connectivity index (χ3n) is 4.48. The van der Waals surface area contributed by atoms with Gasteiger partial charge < -0.3 is 5.32 Å². The predicted octanol–water partition coefficient (Wildman–Crippen LogP) is 3.38. The number of carbonyl (C=O) groups excluding carboxylic acids is 2. The number of carbonyl (C=O) groups is 2. The molecule has 2 aromatic carbocycles. The topological polar surface area (TPSA) is 89.3 Å². The van der Waals surface area contributed by atoms with Crippen LogP contribution in [0.15, 0.2) is 43.0 Å². The van der Waals surface area contributed by atoms with E-state index in [9.17, 15) is 19.7 Å². The number of nitrogens with one attached hydrogen (secondary N) is 1. The highest BCUT2D eigenvalue weighted by Gasteiger charge is 2.37. The SMILES string of the molecule is C=C(CCNCC)c1ccc2c(c1[N+](=O)[O-])C(=O)c1ccccc1C2=O. The number of fused-ring (bicyclic) bond motifs is 2. The third kappa shape index (κ3) is 2.84. The highest BCUT2D eigenvalue weighted by atomic mass is 16.6. The van der Waals surface area contributed by atoms with E-state index in [2.05, 4.69) is 11.9 Å². The zero-order valence-electron chi connectivity index (χ0n) is 14.4. The minimum Gasteiger partial charge on any atom is -0.317 e. The van der Waals surface area contributed by atoms with Gasteiger partial charge in [-0.2, -0.15) is 0 Å². The van der Waals surface area contributed by atoms with Gasteiger partial charge >= 0.3 is 0 Å². The second-order valence-corrected chi connectivity index (χ2v) is 6.05. The number of nitrogens with zero attached hydrogens (tertiary/aromatic N) is 1. The number of nitro benzene ring substituents is 1. The lowest BCUT2D eigenvalue weighted by Gasteiger charge is -2.19. The lowest BCUT2D eigenvalue weighted by molar-refractivity contribution is -0.385. The molecule has 0 aliphatic heterocycles. The summed E-state index contributed by atoms with van der Waals surface area (Å²) < 4.78 is 0. The predicted molar refractivity (Wildman–Crippen MR) is 98.6 cm³/mol. The van der Waals surface area contributed by atoms with Gasteiger partial charge in [0.25, 0.3) is 5.69 Å². The summed E-state index contributed by atoms with van der Waals surface area (Å²) in [7, 11) is 0. The fourth-order valence-electron chi connectivity index (χ4n) is 3.19. The summed E-state index contributed by atoms with van der Waals surface area (Å²) in [5.41, 5.74) is 0.926. The Kier molecular flexibility index (Phi) is 4.77. The van der Waals surface area contributed by atoms with Crippen molar-refractivity contribution in [1.82, 2.24) is 5.32 Å². The third-order valence-corrected chi connectivity index (χ3v) is 4.48. The summed E-state index contributed by atoms with van der Waals surface area (Å²) >= 11 is 0. The number of benzene rings is 2. The molecule has 6 heteroatoms. The second kappa shape index (κ2) is 7.01. The van der Waals surface area contributed by atoms with Gasteiger partial charge in [-0.05, 0) is 37.2 Å². The molecule has 0 aromatic heterocycles. The first kappa shape index (κ1) is 17.7. The normalized spacial score (nSPS) is 12.5. The summed E-state index contributed by atoms with van der Waals surface area (Å²) in [4.78, 5) is 36.8. The molecule has 6 nitrogen and oxygen atoms in total. The smallest absolute Gasteiger partial charge is 0.288 e. The Morgan fingerprint density at radius 2 is 1.73 bits per heavy atom. The first-order valence-electron chi connectivity index (χ1n) is 8.36. The highest BCUT2D eigenvalue weighted by molar-refractivity contribution is 6.30. The van der Waals surface area contributed by atoms with Gasteiger partial charge in [0, 0.05) is 16.7 Å². The van der Waals surface area contributed by atoms with Crippen molar-refractivity contribution in [2.75, 3.05) is 13.1 Å². The molecule has 0 spiro atoms. The van der Waals surface area contributed by atoms with Crippen LogP contribution in [-0.4, -0.2) is 29.6 Å². The lowest BCUT2D eigenvalue weighted by Crippen LogP contribution is -2.23. The molecular weight excluding hydrogens is 332 g/mol. The van der Waals surface area contributed by atoms with Gasteiger partial charge in [0.05, 0.1) is 10.5 Å². The number of rotatable bonds is 6. The van der Waals surface area contributed by atoms with Crippen LogP contribution in [0.25, 0.3) is 5.57 Å². The molecule has 3 rings (SSSR count). The van der Waals surface area contributed by atoms with E-state index in [0.29, 0.717) is 24.1 Å². The van der Waals surface area contributed by atoms with Gasteiger partial charge in [-0.1, -0.05) is 37.8 Å². The first-order chi connectivity index (χ1) is 12.5. The van der Waals surface area contributed by atoms with Crippen LogP contribution in [0.3, 0.4) is 0 Å². The summed E-state index contributed by atoms with van der Waals surface area (Å²) in [6, 6.07) is 9.40. The van der Waals surface area contributed by atoms with E-state index in [0.717, 1.165) is 6.54 Å². The zero-order chi connectivity index (χ0) is 18.8. The quantitative estimate of drug-likeness (QED) is 0.418. The molecule has 0 unspecified atom stereocenters. The first-order valence-corrected chi connectivity index (χ1v) is 8.36. The number of hydrogen-bond donors (Lipinski definition) is 1. The van der Waals surface area contributed by atoms with Crippen molar-refractivity contribution in [2.24, 2.45) is 0 Å². The van der Waals surface area contributed by atoms with E-state index in [1.54, 1.807) is 18.2 Å². The molecule has 1 aliphatic carbocycles. The number of nitro groups is 1. The van der Waals surface area contributed by atoms with Gasteiger partial charge in [-0.3, -0.25) is 19.7 Å². The summed E-state index contributed by atoms with van der Waals surface area (Å²) in [5, 5.41) is 14.9. The summed E-state index contributed by atoms with van der Waals surface area (Å²) in [5.74, 6) is -0.869. The molecule has 0 radical (unpaired) electrons. The Morgan fingerprint density at radius 3 is 2.35 bits per heavy atom. The van der Waals surface area contributed by atoms with Crippen LogP contribution in [0.2, 0.25) is 0 Å². The van der Waals surface area contributed by atoms with Crippen LogP contribution in [-0.2, 0) is 0 Å². The molecule has 1 aliphatic rings. The van der Waals surface area contributed by atoms with E-state index in [4.69, 9.17) is 0 Å². The molecule has 0 heterocycles. The fraction of sp³-hybridized carbons (Fsp3) is 0.200. The van der Waals surface area contributed by atoms with Crippen LogP contribution in [0, 0.1) is 10.1 Å². The molecule has 1 N–H and O–H groups in total. The van der Waals surface area contributed by atoms with Crippen molar-refractivity contribution in [2.45, 2.75) is 13.3 Å². The Morgan fingerprint density at radius 1 is 1.08 bits per heavy atom. The van der Waals surface area contributed by atoms with Gasteiger partial charge in [0.15, 0.2) is 5.78 Å². The van der Waals surface area contributed by atoms with E-state index in [-0.39, 0.29) is 33.7 Å². The zero-order valence-corrected chi connectivity index (χ0v) is 14.4. The highest BCUT2D eigenvalue weighted by Crippen LogP contribution is 2.38. The molecule has 0 saturated carbocycles. The molecule has 0 amide bonds. The Labute approximate surface area is 150 Å². The van der Waals surface area contributed by atoms with Crippen molar-refractivity contribution in [3.8, 4) is 0 Å². The van der Waals surface area contributed by atoms with Crippen molar-refractivity contribution in [3.63, 3.8) is 0 Å². The molecule has 0 bridgehead atoms. The standard InChI is InChI=1S/C20H18N2O4/c1-3-21-11-10-12(2)13-8-9-16-17(18(13)22(25)26)20(24)15-7-5-4-6-14(15)19(16)23/h4-9,21H,2-3,10-11H2,1H3. The Balaban J connectivity index is 2.16. The van der Waals surface area contributed by atoms with Crippen LogP contribution in [0.5, 0.6) is 0 Å². The minimum absolute atomic E-state index is 0.0728. The van der Waals surface area contributed by atoms with Gasteiger partial charge in [-0.25, -0.2) is 0 Å².